The summed E-state index contributed by atoms with van der Waals surface area (Å²) in [4.78, 5) is 26.8. The molecule has 0 aromatic heterocycles. The Kier molecular flexibility index (Phi) is 6.06. The third kappa shape index (κ3) is 6.90. The molecule has 0 aromatic rings. The van der Waals surface area contributed by atoms with E-state index in [0.29, 0.717) is 0 Å². The Balaban J connectivity index is 2.74. The summed E-state index contributed by atoms with van der Waals surface area (Å²) in [6, 6.07) is 0. The van der Waals surface area contributed by atoms with Crippen molar-refractivity contribution >= 4 is 12.9 Å². The van der Waals surface area contributed by atoms with Crippen molar-refractivity contribution in [2.75, 3.05) is 13.2 Å². The van der Waals surface area contributed by atoms with Crippen LogP contribution in [0.1, 0.15) is 0 Å². The molecule has 9 heavy (non-hydrogen) atoms. The van der Waals surface area contributed by atoms with Gasteiger partial charge >= 0.3 is 6.47 Å². The standard InChI is InChI=1S/C4H6O5/c5-3-7-1-2-8-9-4-6/h3-4H,1-2H2. The van der Waals surface area contributed by atoms with Crippen LogP contribution in [0, 0.1) is 0 Å². The zero-order valence-corrected chi connectivity index (χ0v) is 4.61. The number of rotatable bonds is 6. The highest BCUT2D eigenvalue weighted by Crippen LogP contribution is 1.73. The van der Waals surface area contributed by atoms with Gasteiger partial charge in [-0.15, -0.1) is 0 Å². The van der Waals surface area contributed by atoms with E-state index in [1.807, 2.05) is 0 Å². The van der Waals surface area contributed by atoms with Crippen molar-refractivity contribution in [1.82, 2.24) is 0 Å². The molecule has 0 aliphatic heterocycles. The number of carbonyl (C=O) groups is 2. The first-order valence-corrected chi connectivity index (χ1v) is 2.19. The molecule has 0 rings (SSSR count). The van der Waals surface area contributed by atoms with Crippen LogP contribution >= 0.6 is 0 Å². The molecule has 0 aliphatic carbocycles. The first-order chi connectivity index (χ1) is 4.41. The van der Waals surface area contributed by atoms with Crippen LogP contribution in [0.2, 0.25) is 0 Å². The Morgan fingerprint density at radius 1 is 1.11 bits per heavy atom. The summed E-state index contributed by atoms with van der Waals surface area (Å²) in [7, 11) is 0. The maximum atomic E-state index is 9.45. The molecule has 0 heterocycles. The Morgan fingerprint density at radius 2 is 1.89 bits per heavy atom. The van der Waals surface area contributed by atoms with Crippen molar-refractivity contribution in [3.05, 3.63) is 0 Å². The van der Waals surface area contributed by atoms with E-state index >= 15 is 0 Å². The molecule has 0 saturated carbocycles. The van der Waals surface area contributed by atoms with E-state index in [1.165, 1.54) is 0 Å². The summed E-state index contributed by atoms with van der Waals surface area (Å²) < 4.78 is 4.18. The highest BCUT2D eigenvalue weighted by atomic mass is 17.2. The summed E-state index contributed by atoms with van der Waals surface area (Å²) in [6.07, 6.45) is 0. The molecule has 5 nitrogen and oxygen atoms in total. The van der Waals surface area contributed by atoms with Crippen LogP contribution in [0.15, 0.2) is 0 Å². The highest BCUT2D eigenvalue weighted by molar-refractivity contribution is 5.36. The summed E-state index contributed by atoms with van der Waals surface area (Å²) in [6.45, 7) is 0.556. The average molecular weight is 134 g/mol. The topological polar surface area (TPSA) is 61.8 Å². The maximum absolute atomic E-state index is 9.45. The molecule has 0 bridgehead atoms. The van der Waals surface area contributed by atoms with Crippen LogP contribution in [-0.4, -0.2) is 26.2 Å². The second-order valence-corrected chi connectivity index (χ2v) is 0.981. The Bertz CT molecular complexity index is 71.0. The van der Waals surface area contributed by atoms with E-state index in [4.69, 9.17) is 0 Å². The largest absolute Gasteiger partial charge is 0.465 e. The molecule has 0 fully saturated rings. The van der Waals surface area contributed by atoms with Gasteiger partial charge in [0.25, 0.3) is 6.47 Å². The molecule has 0 unspecified atom stereocenters. The highest BCUT2D eigenvalue weighted by Gasteiger charge is 1.84. The van der Waals surface area contributed by atoms with Crippen molar-refractivity contribution in [2.24, 2.45) is 0 Å². The van der Waals surface area contributed by atoms with Crippen LogP contribution in [0.5, 0.6) is 0 Å². The molecule has 5 heteroatoms. The van der Waals surface area contributed by atoms with E-state index < -0.39 is 0 Å². The predicted octanol–water partition coefficient (Wildman–Crippen LogP) is -0.736. The number of hydrogen-bond donors (Lipinski definition) is 0. The van der Waals surface area contributed by atoms with Crippen LogP contribution < -0.4 is 0 Å². The molecule has 0 saturated heterocycles. The fourth-order valence-corrected chi connectivity index (χ4v) is 0.206. The first kappa shape index (κ1) is 7.90. The van der Waals surface area contributed by atoms with E-state index in [2.05, 4.69) is 14.5 Å². The van der Waals surface area contributed by atoms with Gasteiger partial charge in [0.2, 0.25) is 0 Å². The number of hydrogen-bond acceptors (Lipinski definition) is 5. The van der Waals surface area contributed by atoms with Crippen molar-refractivity contribution < 1.29 is 24.1 Å². The van der Waals surface area contributed by atoms with Gasteiger partial charge < -0.3 is 9.62 Å². The molecule has 0 amide bonds. The molecule has 52 valence electrons. The van der Waals surface area contributed by atoms with Crippen LogP contribution in [-0.2, 0) is 24.1 Å². The summed E-state index contributed by atoms with van der Waals surface area (Å²) >= 11 is 0. The zero-order valence-electron chi connectivity index (χ0n) is 4.61. The van der Waals surface area contributed by atoms with Gasteiger partial charge in [-0.1, -0.05) is 0 Å². The van der Waals surface area contributed by atoms with E-state index in [0.717, 1.165) is 0 Å². The SMILES string of the molecule is O=COCCOOC=O. The minimum atomic E-state index is 0.0531. The van der Waals surface area contributed by atoms with Crippen molar-refractivity contribution in [3.8, 4) is 0 Å². The molecule has 0 radical (unpaired) electrons. The normalized spacial score (nSPS) is 8.00. The lowest BCUT2D eigenvalue weighted by Gasteiger charge is -1.95. The Morgan fingerprint density at radius 3 is 2.44 bits per heavy atom. The van der Waals surface area contributed by atoms with Gasteiger partial charge in [-0.2, -0.15) is 4.89 Å². The molecule has 0 aromatic carbocycles. The summed E-state index contributed by atoms with van der Waals surface area (Å²) in [5, 5.41) is 0. The van der Waals surface area contributed by atoms with Gasteiger partial charge in [0.15, 0.2) is 0 Å². The number of carbonyl (C=O) groups excluding carboxylic acids is 2. The van der Waals surface area contributed by atoms with Crippen LogP contribution in [0.3, 0.4) is 0 Å². The number of ether oxygens (including phenoxy) is 1. The van der Waals surface area contributed by atoms with Crippen molar-refractivity contribution in [2.45, 2.75) is 0 Å². The monoisotopic (exact) mass is 134 g/mol. The predicted molar refractivity (Wildman–Crippen MR) is 25.1 cm³/mol. The fourth-order valence-electron chi connectivity index (χ4n) is 0.206. The quantitative estimate of drug-likeness (QED) is 0.207. The fraction of sp³-hybridized carbons (Fsp3) is 0.500. The lowest BCUT2D eigenvalue weighted by molar-refractivity contribution is -0.262. The Hall–Kier alpha value is -1.10. The lowest BCUT2D eigenvalue weighted by atomic mass is 10.8. The molecular weight excluding hydrogens is 128 g/mol. The van der Waals surface area contributed by atoms with Crippen LogP contribution in [0.4, 0.5) is 0 Å². The van der Waals surface area contributed by atoms with Gasteiger partial charge in [-0.3, -0.25) is 9.59 Å². The van der Waals surface area contributed by atoms with Crippen LogP contribution in [0.25, 0.3) is 0 Å². The van der Waals surface area contributed by atoms with E-state index in [9.17, 15) is 9.59 Å². The van der Waals surface area contributed by atoms with E-state index in [1.54, 1.807) is 0 Å². The van der Waals surface area contributed by atoms with Gasteiger partial charge in [0, 0.05) is 0 Å². The second-order valence-electron chi connectivity index (χ2n) is 0.981. The van der Waals surface area contributed by atoms with Gasteiger partial charge in [0.1, 0.15) is 13.2 Å². The molecule has 0 atom stereocenters. The smallest absolute Gasteiger partial charge is 0.330 e. The summed E-state index contributed by atoms with van der Waals surface area (Å²) in [5.74, 6) is 0. The zero-order chi connectivity index (χ0) is 6.95. The average Bonchev–Trinajstić information content (AvgIpc) is 1.89. The Labute approximate surface area is 51.4 Å². The molecule has 0 spiro atoms. The van der Waals surface area contributed by atoms with Gasteiger partial charge in [0.05, 0.1) is 0 Å². The first-order valence-electron chi connectivity index (χ1n) is 2.19. The lowest BCUT2D eigenvalue weighted by Crippen LogP contribution is -2.02. The third-order valence-electron chi connectivity index (χ3n) is 0.460. The maximum Gasteiger partial charge on any atom is 0.330 e. The minimum Gasteiger partial charge on any atom is -0.465 e. The molecule has 0 aliphatic rings. The van der Waals surface area contributed by atoms with E-state index in [-0.39, 0.29) is 26.2 Å². The van der Waals surface area contributed by atoms with Crippen molar-refractivity contribution in [3.63, 3.8) is 0 Å². The molecule has 0 N–H and O–H groups in total. The van der Waals surface area contributed by atoms with Gasteiger partial charge in [-0.25, -0.2) is 0 Å². The third-order valence-corrected chi connectivity index (χ3v) is 0.460. The van der Waals surface area contributed by atoms with Crippen molar-refractivity contribution in [1.29, 1.82) is 0 Å². The minimum absolute atomic E-state index is 0.0531. The summed E-state index contributed by atoms with van der Waals surface area (Å²) in [5.41, 5.74) is 0. The van der Waals surface area contributed by atoms with Gasteiger partial charge in [-0.05, 0) is 0 Å². The second kappa shape index (κ2) is 6.90. The molecular formula is C4H6O5.